The highest BCUT2D eigenvalue weighted by Gasteiger charge is 2.10. The van der Waals surface area contributed by atoms with E-state index in [1.54, 1.807) is 48.8 Å². The number of pyridine rings is 2. The number of fused-ring (bicyclic) bond motifs is 1. The molecule has 0 saturated heterocycles. The van der Waals surface area contributed by atoms with Gasteiger partial charge in [0.15, 0.2) is 5.43 Å². The van der Waals surface area contributed by atoms with E-state index < -0.39 is 0 Å². The molecule has 4 heteroatoms. The van der Waals surface area contributed by atoms with E-state index >= 15 is 0 Å². The lowest BCUT2D eigenvalue weighted by atomic mass is 10.2. The molecule has 0 bridgehead atoms. The van der Waals surface area contributed by atoms with Crippen LogP contribution < -0.4 is 5.43 Å². The molecule has 0 radical (unpaired) electrons. The lowest BCUT2D eigenvalue weighted by molar-refractivity contribution is 0.0964. The molecule has 1 aromatic carbocycles. The molecular weight excluding hydrogens is 240 g/mol. The molecule has 0 atom stereocenters. The summed E-state index contributed by atoms with van der Waals surface area (Å²) in [6.45, 7) is 0. The molecule has 0 fully saturated rings. The van der Waals surface area contributed by atoms with Gasteiger partial charge in [-0.2, -0.15) is 0 Å². The van der Waals surface area contributed by atoms with Crippen LogP contribution in [0.15, 0.2) is 65.8 Å². The molecule has 0 saturated carbocycles. The third-order valence-corrected chi connectivity index (χ3v) is 2.95. The summed E-state index contributed by atoms with van der Waals surface area (Å²) < 4.78 is 1.48. The van der Waals surface area contributed by atoms with Crippen molar-refractivity contribution in [3.63, 3.8) is 0 Å². The first kappa shape index (κ1) is 11.3. The average molecular weight is 250 g/mol. The van der Waals surface area contributed by atoms with Gasteiger partial charge in [-0.15, -0.1) is 0 Å². The molecule has 3 rings (SSSR count). The zero-order chi connectivity index (χ0) is 13.2. The molecule has 2 aromatic heterocycles. The molecule has 0 aliphatic rings. The van der Waals surface area contributed by atoms with Gasteiger partial charge in [0.1, 0.15) is 0 Å². The molecule has 0 aliphatic heterocycles. The Labute approximate surface area is 109 Å². The van der Waals surface area contributed by atoms with Crippen molar-refractivity contribution in [2.75, 3.05) is 0 Å². The van der Waals surface area contributed by atoms with Crippen LogP contribution in [-0.4, -0.2) is 15.5 Å². The Morgan fingerprint density at radius 3 is 2.53 bits per heavy atom. The molecule has 19 heavy (non-hydrogen) atoms. The Morgan fingerprint density at radius 1 is 1.00 bits per heavy atom. The first-order valence-electron chi connectivity index (χ1n) is 5.82. The minimum atomic E-state index is -0.182. The number of hydrogen-bond donors (Lipinski definition) is 0. The zero-order valence-electron chi connectivity index (χ0n) is 9.98. The van der Waals surface area contributed by atoms with Gasteiger partial charge in [0, 0.05) is 35.6 Å². The number of nitrogens with zero attached hydrogens (tertiary/aromatic N) is 2. The number of para-hydroxylation sites is 1. The Kier molecular flexibility index (Phi) is 2.68. The highest BCUT2D eigenvalue weighted by molar-refractivity contribution is 6.01. The van der Waals surface area contributed by atoms with E-state index in [4.69, 9.17) is 0 Å². The predicted molar refractivity (Wildman–Crippen MR) is 72.2 cm³/mol. The van der Waals surface area contributed by atoms with E-state index in [0.717, 1.165) is 0 Å². The average Bonchev–Trinajstić information content (AvgIpc) is 2.48. The van der Waals surface area contributed by atoms with Gasteiger partial charge in [-0.3, -0.25) is 19.1 Å². The fourth-order valence-corrected chi connectivity index (χ4v) is 2.02. The monoisotopic (exact) mass is 250 g/mol. The fourth-order valence-electron chi connectivity index (χ4n) is 2.02. The summed E-state index contributed by atoms with van der Waals surface area (Å²) in [7, 11) is 0. The van der Waals surface area contributed by atoms with Crippen molar-refractivity contribution in [2.45, 2.75) is 0 Å². The Balaban J connectivity index is 2.25. The van der Waals surface area contributed by atoms with E-state index in [1.165, 1.54) is 16.8 Å². The van der Waals surface area contributed by atoms with Gasteiger partial charge in [-0.05, 0) is 24.3 Å². The quantitative estimate of drug-likeness (QED) is 0.664. The van der Waals surface area contributed by atoms with Crippen LogP contribution >= 0.6 is 0 Å². The van der Waals surface area contributed by atoms with Gasteiger partial charge in [-0.25, -0.2) is 0 Å². The normalized spacial score (nSPS) is 10.5. The van der Waals surface area contributed by atoms with Crippen LogP contribution in [0.1, 0.15) is 10.4 Å². The molecule has 0 aliphatic carbocycles. The van der Waals surface area contributed by atoms with Crippen LogP contribution in [0.5, 0.6) is 0 Å². The molecule has 0 amide bonds. The van der Waals surface area contributed by atoms with Gasteiger partial charge in [-0.1, -0.05) is 12.1 Å². The van der Waals surface area contributed by atoms with Crippen molar-refractivity contribution in [1.82, 2.24) is 9.55 Å². The van der Waals surface area contributed by atoms with Crippen LogP contribution in [-0.2, 0) is 0 Å². The zero-order valence-corrected chi connectivity index (χ0v) is 9.98. The Hall–Kier alpha value is -2.75. The van der Waals surface area contributed by atoms with Gasteiger partial charge >= 0.3 is 0 Å². The Bertz CT molecular complexity index is 807. The SMILES string of the molecule is O=C(c1ccncc1)n1ccc(=O)c2ccccc21. The maximum atomic E-state index is 12.4. The number of benzene rings is 1. The number of aromatic nitrogens is 2. The van der Waals surface area contributed by atoms with Crippen molar-refractivity contribution >= 4 is 16.8 Å². The predicted octanol–water partition coefficient (Wildman–Crippen LogP) is 2.08. The van der Waals surface area contributed by atoms with Crippen LogP contribution in [0, 0.1) is 0 Å². The first-order chi connectivity index (χ1) is 9.27. The summed E-state index contributed by atoms with van der Waals surface area (Å²) in [5, 5.41) is 0.535. The summed E-state index contributed by atoms with van der Waals surface area (Å²) in [5.41, 5.74) is 1.05. The first-order valence-corrected chi connectivity index (χ1v) is 5.82. The molecule has 0 unspecified atom stereocenters. The van der Waals surface area contributed by atoms with Crippen LogP contribution in [0.2, 0.25) is 0 Å². The highest BCUT2D eigenvalue weighted by Crippen LogP contribution is 2.11. The standard InChI is InChI=1S/C15H10N2O2/c18-14-7-10-17(13-4-2-1-3-12(13)14)15(19)11-5-8-16-9-6-11/h1-10H. The minimum Gasteiger partial charge on any atom is -0.289 e. The largest absolute Gasteiger partial charge is 0.289 e. The number of carbonyl (C=O) groups is 1. The molecule has 0 N–H and O–H groups in total. The van der Waals surface area contributed by atoms with Crippen molar-refractivity contribution in [2.24, 2.45) is 0 Å². The summed E-state index contributed by atoms with van der Waals surface area (Å²) in [6.07, 6.45) is 4.64. The van der Waals surface area contributed by atoms with Crippen molar-refractivity contribution in [3.05, 3.63) is 76.8 Å². The van der Waals surface area contributed by atoms with Gasteiger partial charge in [0.25, 0.3) is 5.91 Å². The second-order valence-electron chi connectivity index (χ2n) is 4.11. The van der Waals surface area contributed by atoms with Crippen LogP contribution in [0.25, 0.3) is 10.9 Å². The van der Waals surface area contributed by atoms with Crippen LogP contribution in [0.4, 0.5) is 0 Å². The topological polar surface area (TPSA) is 52.0 Å². The molecule has 92 valence electrons. The summed E-state index contributed by atoms with van der Waals surface area (Å²) in [6, 6.07) is 11.8. The number of rotatable bonds is 1. The van der Waals surface area contributed by atoms with Crippen molar-refractivity contribution < 1.29 is 4.79 Å². The third-order valence-electron chi connectivity index (χ3n) is 2.95. The minimum absolute atomic E-state index is 0.0885. The molecule has 0 spiro atoms. The van der Waals surface area contributed by atoms with Gasteiger partial charge in [0.05, 0.1) is 5.52 Å². The third kappa shape index (κ3) is 1.93. The maximum Gasteiger partial charge on any atom is 0.262 e. The van der Waals surface area contributed by atoms with E-state index in [9.17, 15) is 9.59 Å². The van der Waals surface area contributed by atoms with E-state index in [1.807, 2.05) is 0 Å². The smallest absolute Gasteiger partial charge is 0.262 e. The lowest BCUT2D eigenvalue weighted by Crippen LogP contribution is -2.16. The summed E-state index contributed by atoms with van der Waals surface area (Å²) in [4.78, 5) is 28.0. The lowest BCUT2D eigenvalue weighted by Gasteiger charge is -2.08. The molecule has 3 aromatic rings. The Morgan fingerprint density at radius 2 is 1.74 bits per heavy atom. The maximum absolute atomic E-state index is 12.4. The molecule has 4 nitrogen and oxygen atoms in total. The van der Waals surface area contributed by atoms with E-state index in [2.05, 4.69) is 4.98 Å². The molecule has 2 heterocycles. The summed E-state index contributed by atoms with van der Waals surface area (Å²) in [5.74, 6) is -0.182. The van der Waals surface area contributed by atoms with Gasteiger partial charge < -0.3 is 0 Å². The van der Waals surface area contributed by atoms with E-state index in [-0.39, 0.29) is 11.3 Å². The van der Waals surface area contributed by atoms with Crippen LogP contribution in [0.3, 0.4) is 0 Å². The second-order valence-corrected chi connectivity index (χ2v) is 4.11. The fraction of sp³-hybridized carbons (Fsp3) is 0. The number of carbonyl (C=O) groups excluding carboxylic acids is 1. The van der Waals surface area contributed by atoms with Crippen molar-refractivity contribution in [3.8, 4) is 0 Å². The molecular formula is C15H10N2O2. The second kappa shape index (κ2) is 4.49. The highest BCUT2D eigenvalue weighted by atomic mass is 16.2. The number of hydrogen-bond acceptors (Lipinski definition) is 3. The summed E-state index contributed by atoms with van der Waals surface area (Å²) >= 11 is 0. The van der Waals surface area contributed by atoms with E-state index in [0.29, 0.717) is 16.5 Å². The van der Waals surface area contributed by atoms with Gasteiger partial charge in [0.2, 0.25) is 0 Å². The van der Waals surface area contributed by atoms with Crippen molar-refractivity contribution in [1.29, 1.82) is 0 Å².